The fourth-order valence-electron chi connectivity index (χ4n) is 4.46. The van der Waals surface area contributed by atoms with Crippen molar-refractivity contribution >= 4 is 22.8 Å². The van der Waals surface area contributed by atoms with Crippen molar-refractivity contribution in [2.24, 2.45) is 0 Å². The van der Waals surface area contributed by atoms with Gasteiger partial charge >= 0.3 is 6.09 Å². The number of fused-ring (bicyclic) bond motifs is 1. The minimum Gasteiger partial charge on any atom is -0.445 e. The molecule has 0 aliphatic carbocycles. The minimum atomic E-state index is -0.651. The number of aliphatic hydroxyl groups is 1. The lowest BCUT2D eigenvalue weighted by molar-refractivity contribution is -0.252. The van der Waals surface area contributed by atoms with Crippen molar-refractivity contribution < 1.29 is 24.1 Å². The highest BCUT2D eigenvalue weighted by molar-refractivity contribution is 5.84. The van der Waals surface area contributed by atoms with Gasteiger partial charge in [-0.15, -0.1) is 0 Å². The van der Waals surface area contributed by atoms with Gasteiger partial charge in [0.1, 0.15) is 6.61 Å². The molecule has 2 N–H and O–H groups in total. The Morgan fingerprint density at radius 1 is 1.11 bits per heavy atom. The average Bonchev–Trinajstić information content (AvgIpc) is 3.34. The van der Waals surface area contributed by atoms with Crippen LogP contribution in [0.2, 0.25) is 0 Å². The highest BCUT2D eigenvalue weighted by Gasteiger charge is 2.32. The lowest BCUT2D eigenvalue weighted by atomic mass is 10.00. The largest absolute Gasteiger partial charge is 0.445 e. The SMILES string of the molecule is C=CCOC(=O)Nc1cccc([C@@H]2O[C@H](Cn3cnc4ccccc43)C[C@H](c3ccc(CO)cc3)O2)c1. The van der Waals surface area contributed by atoms with E-state index in [0.29, 0.717) is 18.7 Å². The molecule has 1 aliphatic rings. The number of nitrogens with zero attached hydrogens (tertiary/aromatic N) is 2. The van der Waals surface area contributed by atoms with Crippen molar-refractivity contribution in [3.63, 3.8) is 0 Å². The van der Waals surface area contributed by atoms with Crippen LogP contribution >= 0.6 is 0 Å². The molecule has 37 heavy (non-hydrogen) atoms. The van der Waals surface area contributed by atoms with E-state index >= 15 is 0 Å². The molecule has 8 heteroatoms. The number of hydrogen-bond donors (Lipinski definition) is 2. The maximum atomic E-state index is 12.0. The predicted molar refractivity (Wildman–Crippen MR) is 140 cm³/mol. The first-order valence-corrected chi connectivity index (χ1v) is 12.2. The molecule has 3 aromatic carbocycles. The van der Waals surface area contributed by atoms with Crippen LogP contribution in [0, 0.1) is 0 Å². The van der Waals surface area contributed by atoms with Gasteiger partial charge < -0.3 is 23.9 Å². The summed E-state index contributed by atoms with van der Waals surface area (Å²) >= 11 is 0. The normalized spacial score (nSPS) is 19.4. The zero-order valence-corrected chi connectivity index (χ0v) is 20.3. The first-order valence-electron chi connectivity index (χ1n) is 12.2. The number of ether oxygens (including phenoxy) is 3. The number of amides is 1. The van der Waals surface area contributed by atoms with Crippen molar-refractivity contribution in [2.45, 2.75) is 38.1 Å². The molecule has 1 fully saturated rings. The molecule has 0 spiro atoms. The second-order valence-electron chi connectivity index (χ2n) is 8.87. The number of para-hydroxylation sites is 2. The van der Waals surface area contributed by atoms with Gasteiger partial charge in [-0.25, -0.2) is 9.78 Å². The molecule has 1 aliphatic heterocycles. The Bertz CT molecular complexity index is 1370. The fourth-order valence-corrected chi connectivity index (χ4v) is 4.46. The second-order valence-corrected chi connectivity index (χ2v) is 8.87. The number of carbonyl (C=O) groups excluding carboxylic acids is 1. The van der Waals surface area contributed by atoms with Gasteiger partial charge in [0.15, 0.2) is 6.29 Å². The number of aliphatic hydroxyl groups excluding tert-OH is 1. The number of rotatable bonds is 8. The van der Waals surface area contributed by atoms with Gasteiger partial charge in [0, 0.05) is 17.7 Å². The van der Waals surface area contributed by atoms with Gasteiger partial charge in [0.2, 0.25) is 0 Å². The summed E-state index contributed by atoms with van der Waals surface area (Å²) in [4.78, 5) is 16.5. The molecule has 2 heterocycles. The van der Waals surface area contributed by atoms with E-state index in [2.05, 4.69) is 21.4 Å². The highest BCUT2D eigenvalue weighted by atomic mass is 16.7. The molecule has 4 aromatic rings. The van der Waals surface area contributed by atoms with E-state index < -0.39 is 12.4 Å². The number of anilines is 1. The molecule has 0 saturated carbocycles. The Balaban J connectivity index is 1.40. The summed E-state index contributed by atoms with van der Waals surface area (Å²) in [6.45, 7) is 4.28. The van der Waals surface area contributed by atoms with Crippen LogP contribution in [-0.4, -0.2) is 33.5 Å². The maximum Gasteiger partial charge on any atom is 0.411 e. The minimum absolute atomic E-state index is 0.0110. The zero-order valence-electron chi connectivity index (χ0n) is 20.3. The van der Waals surface area contributed by atoms with E-state index in [1.807, 2.05) is 73.1 Å². The third-order valence-corrected chi connectivity index (χ3v) is 6.28. The number of aromatic nitrogens is 2. The Morgan fingerprint density at radius 2 is 1.95 bits per heavy atom. The van der Waals surface area contributed by atoms with Gasteiger partial charge in [0.05, 0.1) is 42.7 Å². The summed E-state index contributed by atoms with van der Waals surface area (Å²) in [6, 6.07) is 23.1. The molecule has 190 valence electrons. The quantitative estimate of drug-likeness (QED) is 0.311. The van der Waals surface area contributed by atoms with E-state index in [4.69, 9.17) is 14.2 Å². The monoisotopic (exact) mass is 499 g/mol. The van der Waals surface area contributed by atoms with E-state index in [1.165, 1.54) is 6.08 Å². The van der Waals surface area contributed by atoms with Crippen molar-refractivity contribution in [2.75, 3.05) is 11.9 Å². The van der Waals surface area contributed by atoms with Crippen molar-refractivity contribution in [1.82, 2.24) is 9.55 Å². The van der Waals surface area contributed by atoms with Gasteiger partial charge in [-0.3, -0.25) is 5.32 Å². The number of carbonyl (C=O) groups is 1. The molecule has 3 atom stereocenters. The summed E-state index contributed by atoms with van der Waals surface area (Å²) in [6.07, 6.45) is 2.40. The standard InChI is InChI=1S/C29H29N3O5/c1-2-14-35-29(34)31-23-7-5-6-22(15-23)28-36-24(17-32-19-30-25-8-3-4-9-26(25)32)16-27(37-28)21-12-10-20(18-33)11-13-21/h2-13,15,19,24,27-28,33H,1,14,16-18H2,(H,31,34)/t24-,27+,28+/m0/s1. The van der Waals surface area contributed by atoms with Crippen molar-refractivity contribution in [3.05, 3.63) is 108 Å². The number of benzene rings is 3. The summed E-state index contributed by atoms with van der Waals surface area (Å²) in [5.74, 6) is 0. The molecular weight excluding hydrogens is 470 g/mol. The molecule has 5 rings (SSSR count). The highest BCUT2D eigenvalue weighted by Crippen LogP contribution is 2.39. The topological polar surface area (TPSA) is 94.8 Å². The Hall–Kier alpha value is -3.98. The predicted octanol–water partition coefficient (Wildman–Crippen LogP) is 5.51. The van der Waals surface area contributed by atoms with Gasteiger partial charge in [0.25, 0.3) is 0 Å². The van der Waals surface area contributed by atoms with Crippen LogP contribution in [0.15, 0.2) is 91.8 Å². The van der Waals surface area contributed by atoms with Crippen molar-refractivity contribution in [1.29, 1.82) is 0 Å². The first kappa shape index (κ1) is 24.7. The summed E-state index contributed by atoms with van der Waals surface area (Å²) in [7, 11) is 0. The number of hydrogen-bond acceptors (Lipinski definition) is 6. The molecule has 8 nitrogen and oxygen atoms in total. The van der Waals surface area contributed by atoms with Crippen LogP contribution in [0.1, 0.15) is 35.5 Å². The zero-order chi connectivity index (χ0) is 25.6. The molecule has 1 saturated heterocycles. The van der Waals surface area contributed by atoms with Gasteiger partial charge in [-0.1, -0.05) is 61.2 Å². The van der Waals surface area contributed by atoms with Crippen molar-refractivity contribution in [3.8, 4) is 0 Å². The molecule has 1 aromatic heterocycles. The average molecular weight is 500 g/mol. The van der Waals surface area contributed by atoms with Crippen LogP contribution in [0.25, 0.3) is 11.0 Å². The molecule has 0 bridgehead atoms. The lowest BCUT2D eigenvalue weighted by Gasteiger charge is -2.36. The molecular formula is C29H29N3O5. The lowest BCUT2D eigenvalue weighted by Crippen LogP contribution is -2.32. The van der Waals surface area contributed by atoms with Gasteiger partial charge in [-0.2, -0.15) is 0 Å². The number of nitrogens with one attached hydrogen (secondary N) is 1. The molecule has 1 amide bonds. The van der Waals surface area contributed by atoms with Gasteiger partial charge in [-0.05, 0) is 35.4 Å². The summed E-state index contributed by atoms with van der Waals surface area (Å²) < 4.78 is 20.0. The molecule has 0 radical (unpaired) electrons. The fraction of sp³-hybridized carbons (Fsp3) is 0.241. The van der Waals surface area contributed by atoms with Crippen LogP contribution in [0.5, 0.6) is 0 Å². The Morgan fingerprint density at radius 3 is 2.76 bits per heavy atom. The van der Waals surface area contributed by atoms with E-state index in [0.717, 1.165) is 27.7 Å². The van der Waals surface area contributed by atoms with E-state index in [1.54, 1.807) is 6.07 Å². The Labute approximate surface area is 215 Å². The third-order valence-electron chi connectivity index (χ3n) is 6.28. The number of imidazole rings is 1. The summed E-state index contributed by atoms with van der Waals surface area (Å²) in [5.41, 5.74) is 5.18. The Kier molecular flexibility index (Phi) is 7.60. The first-order chi connectivity index (χ1) is 18.1. The summed E-state index contributed by atoms with van der Waals surface area (Å²) in [5, 5.41) is 12.2. The van der Waals surface area contributed by atoms with E-state index in [-0.39, 0.29) is 25.4 Å². The molecule has 0 unspecified atom stereocenters. The maximum absolute atomic E-state index is 12.0. The second kappa shape index (κ2) is 11.4. The third kappa shape index (κ3) is 5.89. The van der Waals surface area contributed by atoms with Crippen LogP contribution < -0.4 is 5.32 Å². The van der Waals surface area contributed by atoms with Crippen LogP contribution in [0.4, 0.5) is 10.5 Å². The van der Waals surface area contributed by atoms with Crippen LogP contribution in [0.3, 0.4) is 0 Å². The smallest absolute Gasteiger partial charge is 0.411 e. The van der Waals surface area contributed by atoms with E-state index in [9.17, 15) is 9.90 Å². The van der Waals surface area contributed by atoms with Crippen LogP contribution in [-0.2, 0) is 27.4 Å².